The van der Waals surface area contributed by atoms with Crippen molar-refractivity contribution in [3.8, 4) is 0 Å². The summed E-state index contributed by atoms with van der Waals surface area (Å²) in [5, 5.41) is 0. The Kier molecular flexibility index (Phi) is 4.38. The summed E-state index contributed by atoms with van der Waals surface area (Å²) in [5.41, 5.74) is 1.90. The Morgan fingerprint density at radius 1 is 1.20 bits per heavy atom. The molecular formula is C15H23. The summed E-state index contributed by atoms with van der Waals surface area (Å²) >= 11 is 0. The second kappa shape index (κ2) is 5.34. The molecule has 0 aliphatic rings. The lowest BCUT2D eigenvalue weighted by Crippen LogP contribution is -2.11. The van der Waals surface area contributed by atoms with Crippen LogP contribution in [0, 0.1) is 17.4 Å². The first-order valence-electron chi connectivity index (χ1n) is 5.92. The molecule has 1 radical (unpaired) electrons. The predicted molar refractivity (Wildman–Crippen MR) is 66.8 cm³/mol. The number of hydrogen-bond acceptors (Lipinski definition) is 0. The van der Waals surface area contributed by atoms with E-state index < -0.39 is 0 Å². The fourth-order valence-corrected chi connectivity index (χ4v) is 2.15. The lowest BCUT2D eigenvalue weighted by atomic mass is 9.83. The molecular weight excluding hydrogens is 180 g/mol. The summed E-state index contributed by atoms with van der Waals surface area (Å²) in [4.78, 5) is 0. The van der Waals surface area contributed by atoms with E-state index in [2.05, 4.69) is 45.9 Å². The SMILES string of the molecule is CC(CCc1cc[c]cc1)CC(C)(C)C. The van der Waals surface area contributed by atoms with E-state index in [0.29, 0.717) is 5.41 Å². The Balaban J connectivity index is 2.32. The summed E-state index contributed by atoms with van der Waals surface area (Å²) < 4.78 is 0. The zero-order valence-corrected chi connectivity index (χ0v) is 10.5. The van der Waals surface area contributed by atoms with Crippen molar-refractivity contribution in [2.45, 2.75) is 47.0 Å². The van der Waals surface area contributed by atoms with Crippen LogP contribution in [-0.4, -0.2) is 0 Å². The molecule has 0 spiro atoms. The van der Waals surface area contributed by atoms with Crippen LogP contribution in [0.3, 0.4) is 0 Å². The van der Waals surface area contributed by atoms with E-state index in [1.807, 2.05) is 12.1 Å². The van der Waals surface area contributed by atoms with E-state index >= 15 is 0 Å². The predicted octanol–water partition coefficient (Wildman–Crippen LogP) is 4.49. The van der Waals surface area contributed by atoms with Gasteiger partial charge in [0, 0.05) is 0 Å². The first kappa shape index (κ1) is 12.3. The van der Waals surface area contributed by atoms with E-state index in [4.69, 9.17) is 0 Å². The maximum absolute atomic E-state index is 3.06. The van der Waals surface area contributed by atoms with E-state index in [-0.39, 0.29) is 0 Å². The smallest absolute Gasteiger partial charge is 0.0184 e. The van der Waals surface area contributed by atoms with Gasteiger partial charge in [0.25, 0.3) is 0 Å². The molecule has 0 amide bonds. The van der Waals surface area contributed by atoms with Crippen LogP contribution in [0.5, 0.6) is 0 Å². The van der Waals surface area contributed by atoms with Crippen molar-refractivity contribution < 1.29 is 0 Å². The maximum atomic E-state index is 3.06. The second-order valence-electron chi connectivity index (χ2n) is 5.82. The molecule has 0 heterocycles. The van der Waals surface area contributed by atoms with Crippen molar-refractivity contribution >= 4 is 0 Å². The minimum absolute atomic E-state index is 0.462. The van der Waals surface area contributed by atoms with Crippen LogP contribution in [0.15, 0.2) is 24.3 Å². The van der Waals surface area contributed by atoms with Crippen LogP contribution in [0.1, 0.15) is 46.1 Å². The van der Waals surface area contributed by atoms with Gasteiger partial charge in [-0.2, -0.15) is 0 Å². The number of rotatable bonds is 4. The van der Waals surface area contributed by atoms with Crippen molar-refractivity contribution in [2.24, 2.45) is 11.3 Å². The van der Waals surface area contributed by atoms with Gasteiger partial charge in [-0.25, -0.2) is 0 Å². The van der Waals surface area contributed by atoms with E-state index in [0.717, 1.165) is 5.92 Å². The molecule has 0 aliphatic carbocycles. The highest BCUT2D eigenvalue weighted by molar-refractivity contribution is 5.13. The van der Waals surface area contributed by atoms with Crippen molar-refractivity contribution in [3.63, 3.8) is 0 Å². The fraction of sp³-hybridized carbons (Fsp3) is 0.600. The van der Waals surface area contributed by atoms with E-state index in [9.17, 15) is 0 Å². The van der Waals surface area contributed by atoms with Crippen LogP contribution < -0.4 is 0 Å². The summed E-state index contributed by atoms with van der Waals surface area (Å²) in [5.74, 6) is 0.814. The second-order valence-corrected chi connectivity index (χ2v) is 5.82. The van der Waals surface area contributed by atoms with Gasteiger partial charge in [-0.3, -0.25) is 0 Å². The quantitative estimate of drug-likeness (QED) is 0.676. The van der Waals surface area contributed by atoms with Crippen LogP contribution in [0.4, 0.5) is 0 Å². The van der Waals surface area contributed by atoms with Crippen molar-refractivity contribution in [3.05, 3.63) is 35.9 Å². The van der Waals surface area contributed by atoms with Gasteiger partial charge in [0.15, 0.2) is 0 Å². The molecule has 0 nitrogen and oxygen atoms in total. The minimum atomic E-state index is 0.462. The molecule has 83 valence electrons. The molecule has 0 saturated heterocycles. The Morgan fingerprint density at radius 3 is 2.33 bits per heavy atom. The molecule has 0 saturated carbocycles. The van der Waals surface area contributed by atoms with Gasteiger partial charge in [0.2, 0.25) is 0 Å². The number of aryl methyl sites for hydroxylation is 1. The van der Waals surface area contributed by atoms with Crippen LogP contribution in [0.25, 0.3) is 0 Å². The monoisotopic (exact) mass is 203 g/mol. The molecule has 0 bridgehead atoms. The van der Waals surface area contributed by atoms with Gasteiger partial charge in [0.05, 0.1) is 0 Å². The number of hydrogen-bond donors (Lipinski definition) is 0. The third kappa shape index (κ3) is 5.61. The normalized spacial score (nSPS) is 13.9. The highest BCUT2D eigenvalue weighted by Gasteiger charge is 2.14. The highest BCUT2D eigenvalue weighted by Crippen LogP contribution is 2.26. The Bertz CT molecular complexity index is 266. The Labute approximate surface area is 94.7 Å². The van der Waals surface area contributed by atoms with Gasteiger partial charge in [-0.15, -0.1) is 0 Å². The molecule has 0 aromatic heterocycles. The molecule has 0 aliphatic heterocycles. The van der Waals surface area contributed by atoms with Crippen molar-refractivity contribution in [1.82, 2.24) is 0 Å². The first-order valence-corrected chi connectivity index (χ1v) is 5.92. The molecule has 0 fully saturated rings. The molecule has 1 atom stereocenters. The van der Waals surface area contributed by atoms with Crippen LogP contribution >= 0.6 is 0 Å². The molecule has 1 unspecified atom stereocenters. The number of benzene rings is 1. The summed E-state index contributed by atoms with van der Waals surface area (Å²) in [6.07, 6.45) is 3.80. The lowest BCUT2D eigenvalue weighted by Gasteiger charge is -2.23. The Morgan fingerprint density at radius 2 is 1.80 bits per heavy atom. The average molecular weight is 203 g/mol. The van der Waals surface area contributed by atoms with Crippen molar-refractivity contribution in [1.29, 1.82) is 0 Å². The van der Waals surface area contributed by atoms with E-state index in [1.54, 1.807) is 0 Å². The lowest BCUT2D eigenvalue weighted by molar-refractivity contribution is 0.297. The topological polar surface area (TPSA) is 0 Å². The van der Waals surface area contributed by atoms with Crippen LogP contribution in [0.2, 0.25) is 0 Å². The third-order valence-electron chi connectivity index (χ3n) is 2.67. The highest BCUT2D eigenvalue weighted by atomic mass is 14.2. The van der Waals surface area contributed by atoms with Gasteiger partial charge >= 0.3 is 0 Å². The molecule has 1 aromatic rings. The summed E-state index contributed by atoms with van der Waals surface area (Å²) in [6.45, 7) is 9.32. The summed E-state index contributed by atoms with van der Waals surface area (Å²) in [7, 11) is 0. The molecule has 1 aromatic carbocycles. The zero-order chi connectivity index (χ0) is 11.3. The fourth-order valence-electron chi connectivity index (χ4n) is 2.15. The maximum Gasteiger partial charge on any atom is -0.0184 e. The van der Waals surface area contributed by atoms with Gasteiger partial charge < -0.3 is 0 Å². The molecule has 0 heteroatoms. The van der Waals surface area contributed by atoms with E-state index in [1.165, 1.54) is 24.8 Å². The minimum Gasteiger partial charge on any atom is -0.0625 e. The van der Waals surface area contributed by atoms with Crippen molar-refractivity contribution in [2.75, 3.05) is 0 Å². The summed E-state index contributed by atoms with van der Waals surface area (Å²) in [6, 6.07) is 11.4. The zero-order valence-electron chi connectivity index (χ0n) is 10.5. The molecule has 15 heavy (non-hydrogen) atoms. The third-order valence-corrected chi connectivity index (χ3v) is 2.67. The average Bonchev–Trinajstić information content (AvgIpc) is 2.14. The molecule has 1 rings (SSSR count). The Hall–Kier alpha value is -0.780. The molecule has 0 N–H and O–H groups in total. The van der Waals surface area contributed by atoms with Gasteiger partial charge in [-0.05, 0) is 42.2 Å². The largest absolute Gasteiger partial charge is 0.0625 e. The standard InChI is InChI=1S/C15H23/c1-13(12-15(2,3)4)10-11-14-8-6-5-7-9-14/h6-9,13H,10-12H2,1-4H3. The van der Waals surface area contributed by atoms with Crippen LogP contribution in [-0.2, 0) is 6.42 Å². The van der Waals surface area contributed by atoms with Gasteiger partial charge in [-0.1, -0.05) is 52.0 Å². The van der Waals surface area contributed by atoms with Gasteiger partial charge in [0.1, 0.15) is 0 Å². The first-order chi connectivity index (χ1) is 6.97.